The van der Waals surface area contributed by atoms with Crippen LogP contribution in [0.15, 0.2) is 47.6 Å². The second-order valence-electron chi connectivity index (χ2n) is 5.69. The molecule has 0 unspecified atom stereocenters. The molecule has 1 aromatic heterocycles. The van der Waals surface area contributed by atoms with E-state index in [9.17, 15) is 9.59 Å². The summed E-state index contributed by atoms with van der Waals surface area (Å²) in [5.41, 5.74) is 1.96. The minimum absolute atomic E-state index is 0.138. The van der Waals surface area contributed by atoms with Crippen molar-refractivity contribution in [3.05, 3.63) is 52.5 Å². The molecule has 3 N–H and O–H groups in total. The Hall–Kier alpha value is -2.55. The molecule has 28 heavy (non-hydrogen) atoms. The van der Waals surface area contributed by atoms with Crippen LogP contribution < -0.4 is 10.6 Å². The molecule has 3 aromatic rings. The van der Waals surface area contributed by atoms with E-state index < -0.39 is 0 Å². The van der Waals surface area contributed by atoms with E-state index in [-0.39, 0.29) is 17.6 Å². The third-order valence-corrected chi connectivity index (χ3v) is 4.87. The first-order valence-corrected chi connectivity index (χ1v) is 9.83. The summed E-state index contributed by atoms with van der Waals surface area (Å²) in [6.45, 7) is 1.43. The first-order chi connectivity index (χ1) is 13.4. The predicted molar refractivity (Wildman–Crippen MR) is 112 cm³/mol. The summed E-state index contributed by atoms with van der Waals surface area (Å²) in [5, 5.41) is 13.7. The molecule has 0 atom stereocenters. The van der Waals surface area contributed by atoms with E-state index in [4.69, 9.17) is 23.2 Å². The third kappa shape index (κ3) is 5.48. The second kappa shape index (κ2) is 9.09. The van der Waals surface area contributed by atoms with Crippen molar-refractivity contribution in [2.24, 2.45) is 0 Å². The molecular formula is C18H15Cl2N5O2S. The van der Waals surface area contributed by atoms with Crippen LogP contribution >= 0.6 is 35.0 Å². The maximum atomic E-state index is 12.1. The van der Waals surface area contributed by atoms with Crippen LogP contribution in [0.2, 0.25) is 10.0 Å². The smallest absolute Gasteiger partial charge is 0.234 e. The molecule has 10 heteroatoms. The number of nitrogens with zero attached hydrogens (tertiary/aromatic N) is 2. The highest BCUT2D eigenvalue weighted by Crippen LogP contribution is 2.29. The molecule has 1 heterocycles. The van der Waals surface area contributed by atoms with Crippen molar-refractivity contribution >= 4 is 58.2 Å². The number of benzene rings is 2. The van der Waals surface area contributed by atoms with Gasteiger partial charge in [-0.2, -0.15) is 0 Å². The zero-order valence-electron chi connectivity index (χ0n) is 14.6. The van der Waals surface area contributed by atoms with Gasteiger partial charge in [0.2, 0.25) is 17.0 Å². The molecule has 0 saturated heterocycles. The molecule has 144 valence electrons. The number of rotatable bonds is 6. The van der Waals surface area contributed by atoms with Crippen LogP contribution in [0, 0.1) is 0 Å². The number of aromatic nitrogens is 3. The van der Waals surface area contributed by atoms with Crippen LogP contribution in [0.3, 0.4) is 0 Å². The molecule has 0 radical (unpaired) electrons. The van der Waals surface area contributed by atoms with E-state index in [0.717, 1.165) is 0 Å². The lowest BCUT2D eigenvalue weighted by molar-refractivity contribution is -0.114. The van der Waals surface area contributed by atoms with Gasteiger partial charge in [0, 0.05) is 28.9 Å². The fourth-order valence-corrected chi connectivity index (χ4v) is 3.38. The van der Waals surface area contributed by atoms with Gasteiger partial charge in [0.1, 0.15) is 0 Å². The van der Waals surface area contributed by atoms with Crippen LogP contribution in [-0.2, 0) is 9.59 Å². The number of thioether (sulfide) groups is 1. The Morgan fingerprint density at radius 3 is 2.39 bits per heavy atom. The highest BCUT2D eigenvalue weighted by atomic mass is 35.5. The highest BCUT2D eigenvalue weighted by Gasteiger charge is 2.12. The molecule has 0 bridgehead atoms. The average molecular weight is 436 g/mol. The molecule has 0 fully saturated rings. The van der Waals surface area contributed by atoms with E-state index in [1.165, 1.54) is 18.7 Å². The fraction of sp³-hybridized carbons (Fsp3) is 0.111. The number of anilines is 2. The number of H-pyrrole nitrogens is 1. The Balaban J connectivity index is 1.55. The van der Waals surface area contributed by atoms with Gasteiger partial charge >= 0.3 is 0 Å². The summed E-state index contributed by atoms with van der Waals surface area (Å²) in [6.07, 6.45) is 0. The number of hydrogen-bond acceptors (Lipinski definition) is 5. The van der Waals surface area contributed by atoms with Crippen LogP contribution in [0.4, 0.5) is 11.4 Å². The monoisotopic (exact) mass is 435 g/mol. The molecule has 0 aliphatic carbocycles. The Labute approximate surface area is 175 Å². The van der Waals surface area contributed by atoms with Crippen molar-refractivity contribution in [2.45, 2.75) is 12.1 Å². The number of amides is 2. The molecule has 0 aliphatic heterocycles. The van der Waals surface area contributed by atoms with Crippen molar-refractivity contribution < 1.29 is 9.59 Å². The quantitative estimate of drug-likeness (QED) is 0.496. The van der Waals surface area contributed by atoms with E-state index in [2.05, 4.69) is 25.8 Å². The topological polar surface area (TPSA) is 99.8 Å². The van der Waals surface area contributed by atoms with Crippen LogP contribution in [0.1, 0.15) is 6.92 Å². The molecule has 0 saturated carbocycles. The van der Waals surface area contributed by atoms with Gasteiger partial charge in [0.15, 0.2) is 5.82 Å². The standard InChI is InChI=1S/C18H15Cl2N5O2S/c1-10(26)21-12-3-5-13(6-4-12)22-16(27)9-28-18-23-17(24-25-18)14-7-2-11(19)8-15(14)20/h2-8H,9H2,1H3,(H,21,26)(H,22,27)(H,23,24,25). The van der Waals surface area contributed by atoms with Crippen LogP contribution in [-0.4, -0.2) is 32.7 Å². The molecule has 2 aromatic carbocycles. The Kier molecular flexibility index (Phi) is 6.56. The number of carbonyl (C=O) groups is 2. The number of aromatic amines is 1. The summed E-state index contributed by atoms with van der Waals surface area (Å²) < 4.78 is 0. The molecule has 7 nitrogen and oxygen atoms in total. The number of hydrogen-bond donors (Lipinski definition) is 3. The van der Waals surface area contributed by atoms with Gasteiger partial charge in [-0.1, -0.05) is 35.0 Å². The van der Waals surface area contributed by atoms with Crippen molar-refractivity contribution in [3.63, 3.8) is 0 Å². The highest BCUT2D eigenvalue weighted by molar-refractivity contribution is 7.99. The fourth-order valence-electron chi connectivity index (χ4n) is 2.28. The van der Waals surface area contributed by atoms with Crippen LogP contribution in [0.25, 0.3) is 11.4 Å². The maximum absolute atomic E-state index is 12.1. The zero-order chi connectivity index (χ0) is 20.1. The molecule has 3 rings (SSSR count). The normalized spacial score (nSPS) is 10.5. The van der Waals surface area contributed by atoms with Gasteiger partial charge in [0.05, 0.1) is 10.8 Å². The van der Waals surface area contributed by atoms with Gasteiger partial charge in [-0.05, 0) is 42.5 Å². The Bertz CT molecular complexity index is 1010. The molecule has 0 spiro atoms. The summed E-state index contributed by atoms with van der Waals surface area (Å²) in [5.74, 6) is 0.282. The van der Waals surface area contributed by atoms with E-state index in [1.807, 2.05) is 0 Å². The van der Waals surface area contributed by atoms with Gasteiger partial charge < -0.3 is 10.6 Å². The maximum Gasteiger partial charge on any atom is 0.234 e. The van der Waals surface area contributed by atoms with Crippen molar-refractivity contribution in [3.8, 4) is 11.4 Å². The van der Waals surface area contributed by atoms with Gasteiger partial charge in [0.25, 0.3) is 0 Å². The van der Waals surface area contributed by atoms with Gasteiger partial charge in [-0.3, -0.25) is 14.7 Å². The molecule has 2 amide bonds. The first-order valence-electron chi connectivity index (χ1n) is 8.09. The van der Waals surface area contributed by atoms with E-state index in [1.54, 1.807) is 42.5 Å². The SMILES string of the molecule is CC(=O)Nc1ccc(NC(=O)CSc2n[nH]c(-c3ccc(Cl)cc3Cl)n2)cc1. The van der Waals surface area contributed by atoms with Crippen molar-refractivity contribution in [1.82, 2.24) is 15.2 Å². The number of halogens is 2. The second-order valence-corrected chi connectivity index (χ2v) is 7.47. The Morgan fingerprint density at radius 1 is 1.07 bits per heavy atom. The summed E-state index contributed by atoms with van der Waals surface area (Å²) in [6, 6.07) is 11.9. The van der Waals surface area contributed by atoms with E-state index >= 15 is 0 Å². The lowest BCUT2D eigenvalue weighted by Crippen LogP contribution is -2.14. The van der Waals surface area contributed by atoms with Crippen molar-refractivity contribution in [2.75, 3.05) is 16.4 Å². The van der Waals surface area contributed by atoms with Gasteiger partial charge in [-0.15, -0.1) is 5.10 Å². The Morgan fingerprint density at radius 2 is 1.75 bits per heavy atom. The van der Waals surface area contributed by atoms with Crippen molar-refractivity contribution in [1.29, 1.82) is 0 Å². The minimum atomic E-state index is -0.201. The minimum Gasteiger partial charge on any atom is -0.326 e. The molecular weight excluding hydrogens is 421 g/mol. The van der Waals surface area contributed by atoms with Crippen LogP contribution in [0.5, 0.6) is 0 Å². The lowest BCUT2D eigenvalue weighted by Gasteiger charge is -2.06. The summed E-state index contributed by atoms with van der Waals surface area (Å²) in [4.78, 5) is 27.5. The third-order valence-electron chi connectivity index (χ3n) is 3.47. The van der Waals surface area contributed by atoms with E-state index in [0.29, 0.717) is 38.0 Å². The van der Waals surface area contributed by atoms with Gasteiger partial charge in [-0.25, -0.2) is 4.98 Å². The molecule has 0 aliphatic rings. The number of nitrogens with one attached hydrogen (secondary N) is 3. The zero-order valence-corrected chi connectivity index (χ0v) is 17.0. The predicted octanol–water partition coefficient (Wildman–Crippen LogP) is 4.47. The number of carbonyl (C=O) groups excluding carboxylic acids is 2. The summed E-state index contributed by atoms with van der Waals surface area (Å²) >= 11 is 13.2. The first kappa shape index (κ1) is 20.2. The lowest BCUT2D eigenvalue weighted by atomic mass is 10.2. The largest absolute Gasteiger partial charge is 0.326 e. The average Bonchev–Trinajstić information content (AvgIpc) is 3.10. The summed E-state index contributed by atoms with van der Waals surface area (Å²) in [7, 11) is 0.